The highest BCUT2D eigenvalue weighted by atomic mass is 16.2. The first-order valence-electron chi connectivity index (χ1n) is 8.04. The molecular formula is C17H26N4O2. The molecule has 1 unspecified atom stereocenters. The van der Waals surface area contributed by atoms with Crippen molar-refractivity contribution in [3.8, 4) is 0 Å². The van der Waals surface area contributed by atoms with Crippen molar-refractivity contribution in [3.05, 3.63) is 30.3 Å². The summed E-state index contributed by atoms with van der Waals surface area (Å²) in [7, 11) is 0. The van der Waals surface area contributed by atoms with Crippen molar-refractivity contribution >= 4 is 17.6 Å². The van der Waals surface area contributed by atoms with Crippen molar-refractivity contribution < 1.29 is 9.59 Å². The quantitative estimate of drug-likeness (QED) is 0.791. The summed E-state index contributed by atoms with van der Waals surface area (Å²) in [5.41, 5.74) is 5.99. The number of hydrogen-bond donors (Lipinski definition) is 3. The third-order valence-electron chi connectivity index (χ3n) is 4.08. The molecule has 6 heteroatoms. The van der Waals surface area contributed by atoms with Crippen LogP contribution in [-0.4, -0.2) is 42.0 Å². The Labute approximate surface area is 137 Å². The second-order valence-electron chi connectivity index (χ2n) is 6.66. The molecule has 0 saturated carbocycles. The molecule has 0 bridgehead atoms. The summed E-state index contributed by atoms with van der Waals surface area (Å²) < 4.78 is 0. The molecule has 2 rings (SSSR count). The third-order valence-corrected chi connectivity index (χ3v) is 4.08. The maximum atomic E-state index is 12.4. The zero-order chi connectivity index (χ0) is 16.9. The lowest BCUT2D eigenvalue weighted by Gasteiger charge is -2.34. The highest BCUT2D eigenvalue weighted by Gasteiger charge is 2.30. The van der Waals surface area contributed by atoms with Crippen LogP contribution < -0.4 is 16.4 Å². The summed E-state index contributed by atoms with van der Waals surface area (Å²) >= 11 is 0. The molecule has 23 heavy (non-hydrogen) atoms. The van der Waals surface area contributed by atoms with E-state index in [-0.39, 0.29) is 17.9 Å². The van der Waals surface area contributed by atoms with Crippen LogP contribution in [0.15, 0.2) is 30.3 Å². The Morgan fingerprint density at radius 3 is 2.65 bits per heavy atom. The Hall–Kier alpha value is -2.08. The predicted octanol–water partition coefficient (Wildman–Crippen LogP) is 1.78. The number of piperidine rings is 1. The number of benzene rings is 1. The largest absolute Gasteiger partial charge is 0.350 e. The van der Waals surface area contributed by atoms with Gasteiger partial charge >= 0.3 is 6.03 Å². The zero-order valence-electron chi connectivity index (χ0n) is 13.8. The molecule has 6 nitrogen and oxygen atoms in total. The Kier molecular flexibility index (Phi) is 5.60. The summed E-state index contributed by atoms with van der Waals surface area (Å²) in [5, 5.41) is 5.83. The number of carbonyl (C=O) groups is 2. The number of nitrogens with one attached hydrogen (secondary N) is 2. The molecule has 1 saturated heterocycles. The Bertz CT molecular complexity index is 545. The van der Waals surface area contributed by atoms with Gasteiger partial charge in [0.15, 0.2) is 0 Å². The van der Waals surface area contributed by atoms with Gasteiger partial charge in [0.1, 0.15) is 0 Å². The minimum atomic E-state index is -0.425. The van der Waals surface area contributed by atoms with Gasteiger partial charge in [0.05, 0.1) is 5.92 Å². The first kappa shape index (κ1) is 17.3. The van der Waals surface area contributed by atoms with Gasteiger partial charge in [-0.25, -0.2) is 4.79 Å². The zero-order valence-corrected chi connectivity index (χ0v) is 13.8. The molecule has 1 atom stereocenters. The van der Waals surface area contributed by atoms with Crippen LogP contribution in [-0.2, 0) is 4.79 Å². The predicted molar refractivity (Wildman–Crippen MR) is 91.0 cm³/mol. The Balaban J connectivity index is 1.92. The second kappa shape index (κ2) is 7.46. The number of carbonyl (C=O) groups excluding carboxylic acids is 2. The molecule has 1 aliphatic heterocycles. The molecule has 1 aliphatic rings. The van der Waals surface area contributed by atoms with E-state index in [4.69, 9.17) is 5.73 Å². The van der Waals surface area contributed by atoms with Gasteiger partial charge in [0.2, 0.25) is 5.91 Å². The van der Waals surface area contributed by atoms with Gasteiger partial charge in [0.25, 0.3) is 0 Å². The molecule has 1 aromatic rings. The number of hydrogen-bond acceptors (Lipinski definition) is 3. The van der Waals surface area contributed by atoms with E-state index in [9.17, 15) is 9.59 Å². The van der Waals surface area contributed by atoms with Crippen molar-refractivity contribution in [2.45, 2.75) is 32.2 Å². The molecule has 0 spiro atoms. The summed E-state index contributed by atoms with van der Waals surface area (Å²) in [6.07, 6.45) is 1.62. The van der Waals surface area contributed by atoms with E-state index in [1.54, 1.807) is 4.90 Å². The molecule has 1 heterocycles. The number of nitrogens with zero attached hydrogens (tertiary/aromatic N) is 1. The monoisotopic (exact) mass is 318 g/mol. The molecule has 4 N–H and O–H groups in total. The van der Waals surface area contributed by atoms with E-state index >= 15 is 0 Å². The van der Waals surface area contributed by atoms with Gasteiger partial charge in [0, 0.05) is 30.9 Å². The topological polar surface area (TPSA) is 87.5 Å². The summed E-state index contributed by atoms with van der Waals surface area (Å²) in [6, 6.07) is 9.17. The fourth-order valence-corrected chi connectivity index (χ4v) is 2.59. The van der Waals surface area contributed by atoms with Gasteiger partial charge in [-0.2, -0.15) is 0 Å². The van der Waals surface area contributed by atoms with Crippen LogP contribution >= 0.6 is 0 Å². The van der Waals surface area contributed by atoms with Crippen molar-refractivity contribution in [1.82, 2.24) is 10.2 Å². The number of para-hydroxylation sites is 1. The van der Waals surface area contributed by atoms with Crippen molar-refractivity contribution in [3.63, 3.8) is 0 Å². The molecular weight excluding hydrogens is 292 g/mol. The van der Waals surface area contributed by atoms with E-state index in [1.807, 2.05) is 44.2 Å². The number of urea groups is 1. The smallest absolute Gasteiger partial charge is 0.321 e. The number of amides is 3. The summed E-state index contributed by atoms with van der Waals surface area (Å²) in [4.78, 5) is 26.4. The highest BCUT2D eigenvalue weighted by Crippen LogP contribution is 2.19. The van der Waals surface area contributed by atoms with E-state index in [0.717, 1.165) is 18.5 Å². The van der Waals surface area contributed by atoms with Crippen LogP contribution in [0.25, 0.3) is 0 Å². The lowest BCUT2D eigenvalue weighted by molar-refractivity contribution is -0.127. The maximum absolute atomic E-state index is 12.4. The highest BCUT2D eigenvalue weighted by molar-refractivity contribution is 5.90. The normalized spacial score (nSPS) is 18.4. The number of anilines is 1. The standard InChI is InChI=1S/C17H26N4O2/c1-17(2,12-18)20-15(22)13-7-6-10-21(11-13)16(23)19-14-8-4-3-5-9-14/h3-5,8-9,13H,6-7,10-12,18H2,1-2H3,(H,19,23)(H,20,22). The van der Waals surface area contributed by atoms with Crippen LogP contribution in [0.4, 0.5) is 10.5 Å². The van der Waals surface area contributed by atoms with E-state index in [0.29, 0.717) is 19.6 Å². The average molecular weight is 318 g/mol. The molecule has 0 aliphatic carbocycles. The second-order valence-corrected chi connectivity index (χ2v) is 6.66. The molecule has 0 radical (unpaired) electrons. The lowest BCUT2D eigenvalue weighted by atomic mass is 9.95. The Morgan fingerprint density at radius 1 is 1.30 bits per heavy atom. The SMILES string of the molecule is CC(C)(CN)NC(=O)C1CCCN(C(=O)Nc2ccccc2)C1. The minimum absolute atomic E-state index is 0.0299. The van der Waals surface area contributed by atoms with E-state index in [1.165, 1.54) is 0 Å². The Morgan fingerprint density at radius 2 is 2.00 bits per heavy atom. The first-order valence-corrected chi connectivity index (χ1v) is 8.04. The van der Waals surface area contributed by atoms with Crippen LogP contribution in [0, 0.1) is 5.92 Å². The van der Waals surface area contributed by atoms with Crippen molar-refractivity contribution in [2.75, 3.05) is 25.0 Å². The minimum Gasteiger partial charge on any atom is -0.350 e. The van der Waals surface area contributed by atoms with Crippen LogP contribution in [0.5, 0.6) is 0 Å². The molecule has 0 aromatic heterocycles. The maximum Gasteiger partial charge on any atom is 0.321 e. The number of rotatable bonds is 4. The molecule has 3 amide bonds. The fraction of sp³-hybridized carbons (Fsp3) is 0.529. The summed E-state index contributed by atoms with van der Waals surface area (Å²) in [5.74, 6) is -0.214. The van der Waals surface area contributed by atoms with Crippen molar-refractivity contribution in [2.24, 2.45) is 11.7 Å². The first-order chi connectivity index (χ1) is 10.9. The molecule has 1 fully saturated rings. The van der Waals surface area contributed by atoms with Crippen LogP contribution in [0.1, 0.15) is 26.7 Å². The average Bonchev–Trinajstić information content (AvgIpc) is 2.55. The van der Waals surface area contributed by atoms with E-state index < -0.39 is 5.54 Å². The van der Waals surface area contributed by atoms with Gasteiger partial charge in [-0.1, -0.05) is 18.2 Å². The molecule has 1 aromatic carbocycles. The summed E-state index contributed by atoms with van der Waals surface area (Å²) in [6.45, 7) is 5.28. The molecule has 126 valence electrons. The third kappa shape index (κ3) is 4.96. The number of likely N-dealkylation sites (tertiary alicyclic amines) is 1. The lowest BCUT2D eigenvalue weighted by Crippen LogP contribution is -2.54. The fourth-order valence-electron chi connectivity index (χ4n) is 2.59. The van der Waals surface area contributed by atoms with Gasteiger partial charge < -0.3 is 21.3 Å². The number of nitrogens with two attached hydrogens (primary N) is 1. The van der Waals surface area contributed by atoms with Gasteiger partial charge in [-0.15, -0.1) is 0 Å². The van der Waals surface area contributed by atoms with Crippen molar-refractivity contribution in [1.29, 1.82) is 0 Å². The van der Waals surface area contributed by atoms with E-state index in [2.05, 4.69) is 10.6 Å². The van der Waals surface area contributed by atoms with Gasteiger partial charge in [-0.3, -0.25) is 4.79 Å². The van der Waals surface area contributed by atoms with Crippen LogP contribution in [0.3, 0.4) is 0 Å². The van der Waals surface area contributed by atoms with Crippen LogP contribution in [0.2, 0.25) is 0 Å². The van der Waals surface area contributed by atoms with Gasteiger partial charge in [-0.05, 0) is 38.8 Å².